The van der Waals surface area contributed by atoms with Crippen LogP contribution < -0.4 is 9.80 Å². The van der Waals surface area contributed by atoms with E-state index in [0.717, 1.165) is 17.1 Å². The van der Waals surface area contributed by atoms with E-state index in [-0.39, 0.29) is 11.3 Å². The summed E-state index contributed by atoms with van der Waals surface area (Å²) < 4.78 is 0. The summed E-state index contributed by atoms with van der Waals surface area (Å²) >= 11 is 0. The zero-order valence-corrected chi connectivity index (χ0v) is 32.3. The van der Waals surface area contributed by atoms with Gasteiger partial charge in [0.25, 0.3) is 0 Å². The monoisotopic (exact) mass is 714 g/mol. The Morgan fingerprint density at radius 1 is 0.436 bits per heavy atom. The summed E-state index contributed by atoms with van der Waals surface area (Å²) in [5.41, 5.74) is 16.6. The predicted octanol–water partition coefficient (Wildman–Crippen LogP) is 15.1. The van der Waals surface area contributed by atoms with Crippen molar-refractivity contribution < 1.29 is 0 Å². The highest BCUT2D eigenvalue weighted by Crippen LogP contribution is 2.50. The molecule has 0 heterocycles. The van der Waals surface area contributed by atoms with E-state index in [0.29, 0.717) is 5.92 Å². The first-order chi connectivity index (χ1) is 27.0. The Balaban J connectivity index is 1.04. The first-order valence-corrected chi connectivity index (χ1v) is 20.2. The lowest BCUT2D eigenvalue weighted by Crippen LogP contribution is -2.15. The number of hydrogen-bond donors (Lipinski definition) is 0. The van der Waals surface area contributed by atoms with E-state index in [9.17, 15) is 0 Å². The number of benzene rings is 7. The van der Waals surface area contributed by atoms with Crippen molar-refractivity contribution in [3.05, 3.63) is 204 Å². The largest absolute Gasteiger partial charge is 0.311 e. The van der Waals surface area contributed by atoms with Crippen molar-refractivity contribution in [1.29, 1.82) is 0 Å². The molecule has 0 saturated heterocycles. The summed E-state index contributed by atoms with van der Waals surface area (Å²) in [6.07, 6.45) is 6.69. The molecular formula is C53H50N2. The third-order valence-electron chi connectivity index (χ3n) is 12.4. The number of anilines is 6. The number of rotatable bonds is 9. The molecular weight excluding hydrogens is 665 g/mol. The molecule has 0 N–H and O–H groups in total. The average Bonchev–Trinajstić information content (AvgIpc) is 3.48. The molecule has 0 aromatic heterocycles. The molecule has 9 rings (SSSR count). The maximum absolute atomic E-state index is 2.45. The Morgan fingerprint density at radius 3 is 1.44 bits per heavy atom. The van der Waals surface area contributed by atoms with Crippen LogP contribution in [-0.2, 0) is 5.41 Å². The van der Waals surface area contributed by atoms with Gasteiger partial charge in [-0.1, -0.05) is 143 Å². The zero-order valence-electron chi connectivity index (χ0n) is 32.3. The van der Waals surface area contributed by atoms with Gasteiger partial charge in [-0.15, -0.1) is 0 Å². The molecule has 1 atom stereocenters. The van der Waals surface area contributed by atoms with Crippen molar-refractivity contribution in [3.63, 3.8) is 0 Å². The van der Waals surface area contributed by atoms with Gasteiger partial charge < -0.3 is 9.80 Å². The SMILES string of the molecule is CC(c1ccc(N(c2ccccc2)c2ccccc2)cc1)c1ccc(N(c2ccc(C3CCCCC3)cc2)c2ccc3c(c2)-c2ccccc2C3(C)C)cc1. The molecule has 7 aromatic rings. The van der Waals surface area contributed by atoms with E-state index >= 15 is 0 Å². The Kier molecular flexibility index (Phi) is 9.36. The highest BCUT2D eigenvalue weighted by molar-refractivity contribution is 5.86. The Hall–Kier alpha value is -5.86. The molecule has 2 heteroatoms. The summed E-state index contributed by atoms with van der Waals surface area (Å²) in [6.45, 7) is 7.03. The van der Waals surface area contributed by atoms with Crippen LogP contribution in [0.1, 0.15) is 92.5 Å². The van der Waals surface area contributed by atoms with Gasteiger partial charge in [-0.2, -0.15) is 0 Å². The Labute approximate surface area is 327 Å². The molecule has 1 saturated carbocycles. The second-order valence-corrected chi connectivity index (χ2v) is 16.1. The lowest BCUT2D eigenvalue weighted by atomic mass is 9.82. The van der Waals surface area contributed by atoms with Gasteiger partial charge in [-0.05, 0) is 131 Å². The minimum absolute atomic E-state index is 0.0195. The van der Waals surface area contributed by atoms with Crippen molar-refractivity contribution in [2.75, 3.05) is 9.80 Å². The molecule has 0 radical (unpaired) electrons. The standard InChI is InChI=1S/C53H50N2/c1-38(39-23-29-45(30-24-39)54(43-17-9-5-10-18-43)44-19-11-6-12-20-44)40-25-31-46(32-26-40)55(47-33-27-42(28-34-47)41-15-7-4-8-16-41)48-35-36-52-50(37-48)49-21-13-14-22-51(49)53(52,2)3/h5-6,9-14,17-38,41H,4,7-8,15-16H2,1-3H3. The fraction of sp³-hybridized carbons (Fsp3) is 0.208. The van der Waals surface area contributed by atoms with Crippen molar-refractivity contribution in [2.45, 2.75) is 70.1 Å². The fourth-order valence-electron chi connectivity index (χ4n) is 9.24. The topological polar surface area (TPSA) is 6.48 Å². The second-order valence-electron chi connectivity index (χ2n) is 16.1. The molecule has 2 aliphatic carbocycles. The van der Waals surface area contributed by atoms with E-state index in [1.807, 2.05) is 0 Å². The molecule has 0 amide bonds. The molecule has 1 unspecified atom stereocenters. The van der Waals surface area contributed by atoms with Gasteiger partial charge in [0.1, 0.15) is 0 Å². The van der Waals surface area contributed by atoms with Crippen molar-refractivity contribution >= 4 is 34.1 Å². The first-order valence-electron chi connectivity index (χ1n) is 20.2. The molecule has 1 fully saturated rings. The second kappa shape index (κ2) is 14.8. The Bertz CT molecular complexity index is 2330. The highest BCUT2D eigenvalue weighted by Gasteiger charge is 2.35. The summed E-state index contributed by atoms with van der Waals surface area (Å²) in [7, 11) is 0. The van der Waals surface area contributed by atoms with Crippen molar-refractivity contribution in [1.82, 2.24) is 0 Å². The quantitative estimate of drug-likeness (QED) is 0.147. The van der Waals surface area contributed by atoms with Crippen LogP contribution in [0.4, 0.5) is 34.1 Å². The van der Waals surface area contributed by atoms with Crippen LogP contribution in [0.2, 0.25) is 0 Å². The Morgan fingerprint density at radius 2 is 0.873 bits per heavy atom. The maximum Gasteiger partial charge on any atom is 0.0468 e. The molecule has 0 spiro atoms. The van der Waals surface area contributed by atoms with Crippen LogP contribution in [0.15, 0.2) is 176 Å². The van der Waals surface area contributed by atoms with Gasteiger partial charge in [0.05, 0.1) is 0 Å². The molecule has 55 heavy (non-hydrogen) atoms. The number of nitrogens with zero attached hydrogens (tertiary/aromatic N) is 2. The summed E-state index contributed by atoms with van der Waals surface area (Å²) in [5.74, 6) is 0.927. The van der Waals surface area contributed by atoms with Crippen LogP contribution in [-0.4, -0.2) is 0 Å². The fourth-order valence-corrected chi connectivity index (χ4v) is 9.24. The lowest BCUT2D eigenvalue weighted by Gasteiger charge is -2.28. The van der Waals surface area contributed by atoms with Crippen LogP contribution in [0.3, 0.4) is 0 Å². The third-order valence-corrected chi connectivity index (χ3v) is 12.4. The van der Waals surface area contributed by atoms with Crippen LogP contribution >= 0.6 is 0 Å². The molecule has 7 aromatic carbocycles. The van der Waals surface area contributed by atoms with E-state index < -0.39 is 0 Å². The van der Waals surface area contributed by atoms with Gasteiger partial charge in [-0.3, -0.25) is 0 Å². The number of para-hydroxylation sites is 2. The first kappa shape index (κ1) is 34.9. The zero-order chi connectivity index (χ0) is 37.4. The molecule has 272 valence electrons. The van der Waals surface area contributed by atoms with Gasteiger partial charge in [0, 0.05) is 45.5 Å². The van der Waals surface area contributed by atoms with E-state index in [4.69, 9.17) is 0 Å². The van der Waals surface area contributed by atoms with E-state index in [1.54, 1.807) is 0 Å². The molecule has 2 aliphatic rings. The summed E-state index contributed by atoms with van der Waals surface area (Å²) in [4.78, 5) is 4.77. The average molecular weight is 715 g/mol. The van der Waals surface area contributed by atoms with Gasteiger partial charge in [0.2, 0.25) is 0 Å². The van der Waals surface area contributed by atoms with Crippen LogP contribution in [0.5, 0.6) is 0 Å². The smallest absolute Gasteiger partial charge is 0.0468 e. The maximum atomic E-state index is 2.45. The van der Waals surface area contributed by atoms with Crippen LogP contribution in [0.25, 0.3) is 11.1 Å². The van der Waals surface area contributed by atoms with Gasteiger partial charge >= 0.3 is 0 Å². The molecule has 0 bridgehead atoms. The van der Waals surface area contributed by atoms with Gasteiger partial charge in [0.15, 0.2) is 0 Å². The summed E-state index contributed by atoms with van der Waals surface area (Å²) in [5, 5.41) is 0. The van der Waals surface area contributed by atoms with Gasteiger partial charge in [-0.25, -0.2) is 0 Å². The normalized spacial score (nSPS) is 15.2. The number of fused-ring (bicyclic) bond motifs is 3. The lowest BCUT2D eigenvalue weighted by molar-refractivity contribution is 0.443. The molecule has 2 nitrogen and oxygen atoms in total. The van der Waals surface area contributed by atoms with E-state index in [1.165, 1.54) is 88.1 Å². The van der Waals surface area contributed by atoms with Crippen LogP contribution in [0, 0.1) is 0 Å². The third kappa shape index (κ3) is 6.65. The highest BCUT2D eigenvalue weighted by atomic mass is 15.1. The van der Waals surface area contributed by atoms with E-state index in [2.05, 4.69) is 206 Å². The predicted molar refractivity (Wildman–Crippen MR) is 233 cm³/mol. The molecule has 0 aliphatic heterocycles. The number of hydrogen-bond acceptors (Lipinski definition) is 2. The van der Waals surface area contributed by atoms with Crippen molar-refractivity contribution in [2.24, 2.45) is 0 Å². The summed E-state index contributed by atoms with van der Waals surface area (Å²) in [6, 6.07) is 65.1. The minimum atomic E-state index is -0.0195. The van der Waals surface area contributed by atoms with Crippen molar-refractivity contribution in [3.8, 4) is 11.1 Å². The minimum Gasteiger partial charge on any atom is -0.311 e.